The summed E-state index contributed by atoms with van der Waals surface area (Å²) in [6.07, 6.45) is 0.199. The minimum Gasteiger partial charge on any atom is -0.491 e. The van der Waals surface area contributed by atoms with E-state index in [2.05, 4.69) is 22.8 Å². The Morgan fingerprint density at radius 1 is 0.957 bits per heavy atom. The predicted octanol–water partition coefficient (Wildman–Crippen LogP) is 4.98. The van der Waals surface area contributed by atoms with Crippen LogP contribution < -0.4 is 15.4 Å². The van der Waals surface area contributed by atoms with Gasteiger partial charge in [-0.2, -0.15) is 0 Å². The fraction of sp³-hybridized carbons (Fsp3) is 0.333. The molecule has 0 aromatic heterocycles. The highest BCUT2D eigenvalue weighted by Gasteiger charge is 1.99. The second-order valence-electron chi connectivity index (χ2n) is 5.57. The van der Waals surface area contributed by atoms with Crippen molar-refractivity contribution >= 4 is 28.9 Å². The molecule has 0 atom stereocenters. The fourth-order valence-corrected chi connectivity index (χ4v) is 2.67. The van der Waals surface area contributed by atoms with Crippen molar-refractivity contribution in [2.24, 2.45) is 0 Å². The quantitative estimate of drug-likeness (QED) is 0.657. The molecule has 0 fully saturated rings. The zero-order valence-electron chi connectivity index (χ0n) is 13.4. The summed E-state index contributed by atoms with van der Waals surface area (Å²) in [5.41, 5.74) is 2.16. The molecule has 124 valence electrons. The van der Waals surface area contributed by atoms with E-state index in [1.807, 2.05) is 38.1 Å². The van der Waals surface area contributed by atoms with Crippen molar-refractivity contribution in [3.63, 3.8) is 0 Å². The van der Waals surface area contributed by atoms with Crippen molar-refractivity contribution in [2.45, 2.75) is 26.5 Å². The van der Waals surface area contributed by atoms with E-state index < -0.39 is 0 Å². The zero-order chi connectivity index (χ0) is 16.7. The van der Waals surface area contributed by atoms with E-state index in [0.29, 0.717) is 10.0 Å². The second-order valence-corrected chi connectivity index (χ2v) is 6.45. The third-order valence-corrected chi connectivity index (χ3v) is 3.55. The van der Waals surface area contributed by atoms with Gasteiger partial charge in [-0.05, 0) is 49.7 Å². The Balaban J connectivity index is 1.69. The number of anilines is 1. The van der Waals surface area contributed by atoms with Gasteiger partial charge in [0.1, 0.15) is 5.75 Å². The van der Waals surface area contributed by atoms with Crippen LogP contribution in [0.4, 0.5) is 5.69 Å². The van der Waals surface area contributed by atoms with Gasteiger partial charge in [0.15, 0.2) is 0 Å². The highest BCUT2D eigenvalue weighted by Crippen LogP contribution is 2.22. The Morgan fingerprint density at radius 2 is 1.61 bits per heavy atom. The van der Waals surface area contributed by atoms with Gasteiger partial charge < -0.3 is 15.4 Å². The van der Waals surface area contributed by atoms with Crippen LogP contribution >= 0.6 is 23.2 Å². The molecular weight excluding hydrogens is 331 g/mol. The summed E-state index contributed by atoms with van der Waals surface area (Å²) in [7, 11) is 0. The van der Waals surface area contributed by atoms with Crippen LogP contribution in [-0.2, 0) is 6.54 Å². The SMILES string of the molecule is CC(C)Oc1ccc(CNCCNc2cc(Cl)cc(Cl)c2)cc1. The van der Waals surface area contributed by atoms with E-state index in [4.69, 9.17) is 27.9 Å². The molecule has 0 radical (unpaired) electrons. The molecule has 2 aromatic carbocycles. The van der Waals surface area contributed by atoms with Crippen LogP contribution in [0, 0.1) is 0 Å². The molecule has 0 spiro atoms. The van der Waals surface area contributed by atoms with E-state index in [-0.39, 0.29) is 6.10 Å². The van der Waals surface area contributed by atoms with Crippen LogP contribution in [0.1, 0.15) is 19.4 Å². The number of rotatable bonds is 8. The largest absolute Gasteiger partial charge is 0.491 e. The minimum atomic E-state index is 0.199. The fourth-order valence-electron chi connectivity index (χ4n) is 2.14. The first-order valence-corrected chi connectivity index (χ1v) is 8.45. The Morgan fingerprint density at radius 3 is 2.22 bits per heavy atom. The molecule has 0 aliphatic rings. The molecule has 3 nitrogen and oxygen atoms in total. The molecule has 0 unspecified atom stereocenters. The molecule has 0 aliphatic heterocycles. The van der Waals surface area contributed by atoms with E-state index >= 15 is 0 Å². The molecule has 2 rings (SSSR count). The Labute approximate surface area is 147 Å². The number of ether oxygens (including phenoxy) is 1. The van der Waals surface area contributed by atoms with Gasteiger partial charge in [-0.3, -0.25) is 0 Å². The lowest BCUT2D eigenvalue weighted by molar-refractivity contribution is 0.242. The maximum Gasteiger partial charge on any atom is 0.119 e. The van der Waals surface area contributed by atoms with Crippen LogP contribution in [0.5, 0.6) is 5.75 Å². The summed E-state index contributed by atoms with van der Waals surface area (Å²) in [5.74, 6) is 0.906. The van der Waals surface area contributed by atoms with Gasteiger partial charge in [0, 0.05) is 35.4 Å². The van der Waals surface area contributed by atoms with Crippen molar-refractivity contribution in [2.75, 3.05) is 18.4 Å². The lowest BCUT2D eigenvalue weighted by Gasteiger charge is -2.11. The lowest BCUT2D eigenvalue weighted by atomic mass is 10.2. The summed E-state index contributed by atoms with van der Waals surface area (Å²) in [6.45, 7) is 6.50. The molecule has 0 aliphatic carbocycles. The molecule has 2 N–H and O–H groups in total. The van der Waals surface area contributed by atoms with E-state index in [1.54, 1.807) is 6.07 Å². The molecule has 0 amide bonds. The van der Waals surface area contributed by atoms with Crippen LogP contribution in [0.3, 0.4) is 0 Å². The van der Waals surface area contributed by atoms with Crippen molar-refractivity contribution in [1.82, 2.24) is 5.32 Å². The second kappa shape index (κ2) is 9.02. The highest BCUT2D eigenvalue weighted by atomic mass is 35.5. The predicted molar refractivity (Wildman–Crippen MR) is 98.9 cm³/mol. The van der Waals surface area contributed by atoms with Gasteiger partial charge >= 0.3 is 0 Å². The maximum atomic E-state index is 5.96. The summed E-state index contributed by atoms with van der Waals surface area (Å²) in [6, 6.07) is 13.6. The third-order valence-electron chi connectivity index (χ3n) is 3.12. The standard InChI is InChI=1S/C18H22Cl2N2O/c1-13(2)23-18-5-3-14(4-6-18)12-21-7-8-22-17-10-15(19)9-16(20)11-17/h3-6,9-11,13,21-22H,7-8,12H2,1-2H3. The Bertz CT molecular complexity index is 595. The summed E-state index contributed by atoms with van der Waals surface area (Å²) < 4.78 is 5.63. The number of benzene rings is 2. The Kier molecular flexibility index (Phi) is 7.03. The average molecular weight is 353 g/mol. The summed E-state index contributed by atoms with van der Waals surface area (Å²) in [4.78, 5) is 0. The summed E-state index contributed by atoms with van der Waals surface area (Å²) >= 11 is 11.9. The van der Waals surface area contributed by atoms with Gasteiger partial charge in [-0.15, -0.1) is 0 Å². The molecular formula is C18H22Cl2N2O. The minimum absolute atomic E-state index is 0.199. The number of hydrogen-bond donors (Lipinski definition) is 2. The van der Waals surface area contributed by atoms with Gasteiger partial charge in [0.25, 0.3) is 0 Å². The van der Waals surface area contributed by atoms with Crippen LogP contribution in [0.2, 0.25) is 10.0 Å². The third kappa shape index (κ3) is 6.69. The van der Waals surface area contributed by atoms with Crippen molar-refractivity contribution in [3.8, 4) is 5.75 Å². The zero-order valence-corrected chi connectivity index (χ0v) is 14.9. The number of hydrogen-bond acceptors (Lipinski definition) is 3. The van der Waals surface area contributed by atoms with Crippen molar-refractivity contribution < 1.29 is 4.74 Å². The summed E-state index contributed by atoms with van der Waals surface area (Å²) in [5, 5.41) is 7.96. The van der Waals surface area contributed by atoms with E-state index in [1.165, 1.54) is 5.56 Å². The maximum absolute atomic E-state index is 5.96. The van der Waals surface area contributed by atoms with Gasteiger partial charge in [0.05, 0.1) is 6.10 Å². The normalized spacial score (nSPS) is 10.8. The number of halogens is 2. The smallest absolute Gasteiger partial charge is 0.119 e. The topological polar surface area (TPSA) is 33.3 Å². The first-order chi connectivity index (χ1) is 11.0. The van der Waals surface area contributed by atoms with Crippen LogP contribution in [0.15, 0.2) is 42.5 Å². The van der Waals surface area contributed by atoms with Gasteiger partial charge in [-0.25, -0.2) is 0 Å². The molecule has 2 aromatic rings. The molecule has 5 heteroatoms. The van der Waals surface area contributed by atoms with E-state index in [9.17, 15) is 0 Å². The molecule has 0 bridgehead atoms. The monoisotopic (exact) mass is 352 g/mol. The molecule has 23 heavy (non-hydrogen) atoms. The van der Waals surface area contributed by atoms with Crippen molar-refractivity contribution in [1.29, 1.82) is 0 Å². The Hall–Kier alpha value is -1.42. The number of nitrogens with one attached hydrogen (secondary N) is 2. The first-order valence-electron chi connectivity index (χ1n) is 7.69. The van der Waals surface area contributed by atoms with Crippen molar-refractivity contribution in [3.05, 3.63) is 58.1 Å². The van der Waals surface area contributed by atoms with Crippen LogP contribution in [0.25, 0.3) is 0 Å². The lowest BCUT2D eigenvalue weighted by Crippen LogP contribution is -2.21. The highest BCUT2D eigenvalue weighted by molar-refractivity contribution is 6.35. The average Bonchev–Trinajstić information content (AvgIpc) is 2.47. The van der Waals surface area contributed by atoms with Crippen LogP contribution in [-0.4, -0.2) is 19.2 Å². The first kappa shape index (κ1) is 17.9. The van der Waals surface area contributed by atoms with E-state index in [0.717, 1.165) is 31.1 Å². The van der Waals surface area contributed by atoms with Gasteiger partial charge in [-0.1, -0.05) is 35.3 Å². The molecule has 0 saturated carbocycles. The molecule has 0 heterocycles. The van der Waals surface area contributed by atoms with Gasteiger partial charge in [0.2, 0.25) is 0 Å². The molecule has 0 saturated heterocycles.